The predicted molar refractivity (Wildman–Crippen MR) is 56.8 cm³/mol. The van der Waals surface area contributed by atoms with E-state index in [2.05, 4.69) is 17.5 Å². The zero-order valence-corrected chi connectivity index (χ0v) is 8.32. The van der Waals surface area contributed by atoms with E-state index < -0.39 is 5.82 Å². The predicted octanol–water partition coefficient (Wildman–Crippen LogP) is 1.68. The Labute approximate surface area is 86.1 Å². The summed E-state index contributed by atoms with van der Waals surface area (Å²) in [5, 5.41) is 2.36. The molecule has 3 nitrogen and oxygen atoms in total. The molecule has 0 spiro atoms. The number of para-hydroxylation sites is 1. The van der Waals surface area contributed by atoms with Gasteiger partial charge in [0.15, 0.2) is 10.9 Å². The highest BCUT2D eigenvalue weighted by molar-refractivity contribution is 7.80. The highest BCUT2D eigenvalue weighted by Gasteiger charge is 2.11. The average Bonchev–Trinajstić information content (AvgIpc) is 2.07. The van der Waals surface area contributed by atoms with Gasteiger partial charge in [-0.05, 0) is 31.3 Å². The van der Waals surface area contributed by atoms with Crippen LogP contribution in [-0.4, -0.2) is 10.9 Å². The molecule has 0 aliphatic carbocycles. The van der Waals surface area contributed by atoms with Crippen molar-refractivity contribution in [3.05, 3.63) is 29.6 Å². The van der Waals surface area contributed by atoms with E-state index >= 15 is 0 Å². The first-order valence-corrected chi connectivity index (χ1v) is 4.29. The van der Waals surface area contributed by atoms with Crippen molar-refractivity contribution >= 4 is 28.8 Å². The number of carbonyl (C=O) groups excluding carboxylic acids is 1. The molecular formula is C9H9FN2OS. The van der Waals surface area contributed by atoms with Crippen LogP contribution in [0.2, 0.25) is 0 Å². The van der Waals surface area contributed by atoms with Crippen LogP contribution in [0, 0.1) is 5.82 Å². The van der Waals surface area contributed by atoms with Crippen LogP contribution in [-0.2, 0) is 0 Å². The lowest BCUT2D eigenvalue weighted by Gasteiger charge is -2.08. The van der Waals surface area contributed by atoms with Crippen molar-refractivity contribution in [3.8, 4) is 0 Å². The first kappa shape index (κ1) is 10.6. The standard InChI is InChI=1S/C9H9FN2OS/c1-5(13)6-3-2-4-7(10)8(6)12-9(11)14/h2-4H,1H3,(H3,11,12,14). The number of carbonyl (C=O) groups is 1. The maximum atomic E-state index is 13.2. The molecule has 1 aromatic carbocycles. The number of halogens is 1. The van der Waals surface area contributed by atoms with Crippen LogP contribution < -0.4 is 11.1 Å². The molecular weight excluding hydrogens is 203 g/mol. The molecule has 0 fully saturated rings. The fourth-order valence-corrected chi connectivity index (χ4v) is 1.17. The zero-order chi connectivity index (χ0) is 10.7. The summed E-state index contributed by atoms with van der Waals surface area (Å²) in [6, 6.07) is 4.19. The molecule has 0 aliphatic rings. The number of benzene rings is 1. The van der Waals surface area contributed by atoms with Gasteiger partial charge >= 0.3 is 0 Å². The van der Waals surface area contributed by atoms with Crippen LogP contribution in [0.15, 0.2) is 18.2 Å². The van der Waals surface area contributed by atoms with E-state index in [0.717, 1.165) is 0 Å². The monoisotopic (exact) mass is 212 g/mol. The highest BCUT2D eigenvalue weighted by atomic mass is 32.1. The summed E-state index contributed by atoms with van der Waals surface area (Å²) in [4.78, 5) is 11.1. The minimum Gasteiger partial charge on any atom is -0.376 e. The van der Waals surface area contributed by atoms with Gasteiger partial charge in [-0.3, -0.25) is 4.79 Å². The minimum absolute atomic E-state index is 0.0347. The number of Topliss-reactive ketones (excluding diaryl/α,β-unsaturated/α-hetero) is 1. The Kier molecular flexibility index (Phi) is 3.14. The van der Waals surface area contributed by atoms with Crippen LogP contribution in [0.5, 0.6) is 0 Å². The average molecular weight is 212 g/mol. The lowest BCUT2D eigenvalue weighted by molar-refractivity contribution is 0.101. The molecule has 0 aliphatic heterocycles. The maximum Gasteiger partial charge on any atom is 0.168 e. The van der Waals surface area contributed by atoms with Crippen LogP contribution >= 0.6 is 12.2 Å². The molecule has 3 N–H and O–H groups in total. The van der Waals surface area contributed by atoms with Crippen LogP contribution in [0.1, 0.15) is 17.3 Å². The number of thiocarbonyl (C=S) groups is 1. The Morgan fingerprint density at radius 1 is 1.57 bits per heavy atom. The van der Waals surface area contributed by atoms with Gasteiger partial charge in [0, 0.05) is 5.56 Å². The Morgan fingerprint density at radius 2 is 2.21 bits per heavy atom. The molecule has 0 unspecified atom stereocenters. The van der Waals surface area contributed by atoms with Crippen molar-refractivity contribution < 1.29 is 9.18 Å². The largest absolute Gasteiger partial charge is 0.376 e. The molecule has 0 amide bonds. The molecule has 74 valence electrons. The summed E-state index contributed by atoms with van der Waals surface area (Å²) in [6.07, 6.45) is 0. The van der Waals surface area contributed by atoms with Crippen molar-refractivity contribution in [1.29, 1.82) is 0 Å². The third kappa shape index (κ3) is 2.26. The lowest BCUT2D eigenvalue weighted by Crippen LogP contribution is -2.21. The van der Waals surface area contributed by atoms with E-state index in [1.54, 1.807) is 0 Å². The fraction of sp³-hybridized carbons (Fsp3) is 0.111. The van der Waals surface area contributed by atoms with Crippen molar-refractivity contribution in [3.63, 3.8) is 0 Å². The summed E-state index contributed by atoms with van der Waals surface area (Å²) in [5.41, 5.74) is 5.47. The van der Waals surface area contributed by atoms with Gasteiger partial charge in [0.05, 0.1) is 5.69 Å². The molecule has 0 heterocycles. The van der Waals surface area contributed by atoms with Gasteiger partial charge in [0.1, 0.15) is 5.82 Å². The first-order valence-electron chi connectivity index (χ1n) is 3.88. The van der Waals surface area contributed by atoms with E-state index in [0.29, 0.717) is 0 Å². The van der Waals surface area contributed by atoms with Crippen LogP contribution in [0.25, 0.3) is 0 Å². The SMILES string of the molecule is CC(=O)c1cccc(F)c1NC(N)=S. The van der Waals surface area contributed by atoms with Gasteiger partial charge in [-0.15, -0.1) is 0 Å². The first-order chi connectivity index (χ1) is 6.52. The summed E-state index contributed by atoms with van der Waals surface area (Å²) in [6.45, 7) is 1.35. The highest BCUT2D eigenvalue weighted by Crippen LogP contribution is 2.19. The maximum absolute atomic E-state index is 13.2. The third-order valence-electron chi connectivity index (χ3n) is 1.64. The number of nitrogens with two attached hydrogens (primary N) is 1. The van der Waals surface area contributed by atoms with E-state index in [1.807, 2.05) is 0 Å². The van der Waals surface area contributed by atoms with E-state index in [9.17, 15) is 9.18 Å². The van der Waals surface area contributed by atoms with E-state index in [1.165, 1.54) is 25.1 Å². The molecule has 0 saturated heterocycles. The smallest absolute Gasteiger partial charge is 0.168 e. The summed E-state index contributed by atoms with van der Waals surface area (Å²) in [5.74, 6) is -0.797. The number of anilines is 1. The molecule has 0 radical (unpaired) electrons. The van der Waals surface area contributed by atoms with E-state index in [4.69, 9.17) is 5.73 Å². The lowest BCUT2D eigenvalue weighted by atomic mass is 10.1. The van der Waals surface area contributed by atoms with Gasteiger partial charge in [-0.2, -0.15) is 0 Å². The fourth-order valence-electron chi connectivity index (χ4n) is 1.07. The van der Waals surface area contributed by atoms with Crippen molar-refractivity contribution in [2.24, 2.45) is 5.73 Å². The molecule has 5 heteroatoms. The Balaban J connectivity index is 3.22. The quantitative estimate of drug-likeness (QED) is 0.578. The van der Waals surface area contributed by atoms with Crippen molar-refractivity contribution in [1.82, 2.24) is 0 Å². The number of hydrogen-bond acceptors (Lipinski definition) is 2. The summed E-state index contributed by atoms with van der Waals surface area (Å²) < 4.78 is 13.2. The second-order valence-corrected chi connectivity index (χ2v) is 3.15. The second kappa shape index (κ2) is 4.15. The zero-order valence-electron chi connectivity index (χ0n) is 7.50. The molecule has 0 bridgehead atoms. The molecule has 0 saturated carbocycles. The normalized spacial score (nSPS) is 9.57. The van der Waals surface area contributed by atoms with Gasteiger partial charge in [0.2, 0.25) is 0 Å². The topological polar surface area (TPSA) is 55.1 Å². The molecule has 0 atom stereocenters. The number of hydrogen-bond donors (Lipinski definition) is 2. The number of ketones is 1. The van der Waals surface area contributed by atoms with Crippen molar-refractivity contribution in [2.75, 3.05) is 5.32 Å². The summed E-state index contributed by atoms with van der Waals surface area (Å²) >= 11 is 4.57. The molecule has 1 aromatic rings. The summed E-state index contributed by atoms with van der Waals surface area (Å²) in [7, 11) is 0. The molecule has 1 rings (SSSR count). The van der Waals surface area contributed by atoms with Crippen LogP contribution in [0.3, 0.4) is 0 Å². The minimum atomic E-state index is -0.550. The van der Waals surface area contributed by atoms with Crippen molar-refractivity contribution in [2.45, 2.75) is 6.92 Å². The number of nitrogens with one attached hydrogen (secondary N) is 1. The molecule has 0 aromatic heterocycles. The van der Waals surface area contributed by atoms with Gasteiger partial charge < -0.3 is 11.1 Å². The Hall–Kier alpha value is -1.49. The molecule has 14 heavy (non-hydrogen) atoms. The van der Waals surface area contributed by atoms with Gasteiger partial charge in [0.25, 0.3) is 0 Å². The van der Waals surface area contributed by atoms with Gasteiger partial charge in [-0.25, -0.2) is 4.39 Å². The Morgan fingerprint density at radius 3 is 2.71 bits per heavy atom. The Bertz CT molecular complexity index is 392. The second-order valence-electron chi connectivity index (χ2n) is 2.71. The van der Waals surface area contributed by atoms with Gasteiger partial charge in [-0.1, -0.05) is 6.07 Å². The van der Waals surface area contributed by atoms with E-state index in [-0.39, 0.29) is 22.1 Å². The third-order valence-corrected chi connectivity index (χ3v) is 1.74. The van der Waals surface area contributed by atoms with Crippen LogP contribution in [0.4, 0.5) is 10.1 Å². The number of rotatable bonds is 2.